The smallest absolute Gasteiger partial charge is 0.308 e. The predicted octanol–water partition coefficient (Wildman–Crippen LogP) is 1.86. The van der Waals surface area contributed by atoms with Crippen LogP contribution in [0.4, 0.5) is 5.69 Å². The number of nitrogens with zero attached hydrogens (tertiary/aromatic N) is 2. The fourth-order valence-electron chi connectivity index (χ4n) is 3.72. The molecule has 1 N–H and O–H groups in total. The topological polar surface area (TPSA) is 95.0 Å². The van der Waals surface area contributed by atoms with E-state index in [2.05, 4.69) is 0 Å². The lowest BCUT2D eigenvalue weighted by Crippen LogP contribution is -2.47. The molecular weight excluding hydrogens is 356 g/mol. The number of hydrogen-bond donors (Lipinski definition) is 1. The van der Waals surface area contributed by atoms with Gasteiger partial charge in [0.15, 0.2) is 0 Å². The third-order valence-corrected chi connectivity index (χ3v) is 7.19. The van der Waals surface area contributed by atoms with Gasteiger partial charge in [0.05, 0.1) is 17.4 Å². The lowest BCUT2D eigenvalue weighted by molar-refractivity contribution is -0.143. The van der Waals surface area contributed by atoms with Gasteiger partial charge in [0.25, 0.3) is 5.91 Å². The molecule has 0 spiro atoms. The average Bonchev–Trinajstić information content (AvgIpc) is 2.93. The first-order valence-corrected chi connectivity index (χ1v) is 10.5. The second-order valence-corrected chi connectivity index (χ2v) is 9.17. The molecule has 2 heterocycles. The van der Waals surface area contributed by atoms with E-state index in [-0.39, 0.29) is 24.2 Å². The maximum Gasteiger partial charge on any atom is 0.308 e. The van der Waals surface area contributed by atoms with Crippen LogP contribution in [-0.2, 0) is 14.8 Å². The molecule has 1 aromatic rings. The number of likely N-dealkylation sites (tertiary alicyclic amines) is 1. The number of sulfonamides is 1. The summed E-state index contributed by atoms with van der Waals surface area (Å²) in [5, 5.41) is 9.26. The van der Waals surface area contributed by atoms with Crippen molar-refractivity contribution in [3.63, 3.8) is 0 Å². The summed E-state index contributed by atoms with van der Waals surface area (Å²) in [6.45, 7) is 4.37. The Labute approximate surface area is 153 Å². The number of carboxylic acids is 1. The molecule has 1 aromatic carbocycles. The summed E-state index contributed by atoms with van der Waals surface area (Å²) in [7, 11) is -3.26. The van der Waals surface area contributed by atoms with E-state index in [9.17, 15) is 23.1 Å². The normalized spacial score (nSPS) is 25.3. The molecule has 0 aliphatic carbocycles. The largest absolute Gasteiger partial charge is 0.481 e. The van der Waals surface area contributed by atoms with Crippen molar-refractivity contribution in [2.75, 3.05) is 23.1 Å². The zero-order valence-electron chi connectivity index (χ0n) is 15.0. The third kappa shape index (κ3) is 3.42. The monoisotopic (exact) mass is 380 g/mol. The minimum atomic E-state index is -3.26. The van der Waals surface area contributed by atoms with Crippen molar-refractivity contribution >= 4 is 27.6 Å². The van der Waals surface area contributed by atoms with Gasteiger partial charge in [-0.25, -0.2) is 8.42 Å². The molecule has 2 atom stereocenters. The van der Waals surface area contributed by atoms with Crippen LogP contribution < -0.4 is 4.31 Å². The van der Waals surface area contributed by atoms with E-state index < -0.39 is 21.9 Å². The lowest BCUT2D eigenvalue weighted by atomic mass is 9.92. The fraction of sp³-hybridized carbons (Fsp3) is 0.556. The number of aliphatic carboxylic acids is 1. The molecule has 2 aliphatic heterocycles. The second kappa shape index (κ2) is 6.90. The molecule has 0 bridgehead atoms. The van der Waals surface area contributed by atoms with Gasteiger partial charge in [-0.3, -0.25) is 13.9 Å². The first-order chi connectivity index (χ1) is 12.2. The average molecular weight is 380 g/mol. The number of carbonyl (C=O) groups excluding carboxylic acids is 1. The molecule has 0 saturated carbocycles. The van der Waals surface area contributed by atoms with Crippen molar-refractivity contribution < 1.29 is 23.1 Å². The predicted molar refractivity (Wildman–Crippen MR) is 97.8 cm³/mol. The molecule has 26 heavy (non-hydrogen) atoms. The number of amides is 1. The van der Waals surface area contributed by atoms with E-state index in [0.29, 0.717) is 42.6 Å². The Morgan fingerprint density at radius 1 is 1.23 bits per heavy atom. The minimum absolute atomic E-state index is 0.0175. The summed E-state index contributed by atoms with van der Waals surface area (Å²) in [5.74, 6) is -1.46. The van der Waals surface area contributed by atoms with Crippen LogP contribution >= 0.6 is 0 Å². The summed E-state index contributed by atoms with van der Waals surface area (Å²) in [5.41, 5.74) is 1.76. The molecule has 0 aromatic heterocycles. The van der Waals surface area contributed by atoms with E-state index in [1.807, 2.05) is 6.92 Å². The molecule has 8 heteroatoms. The third-order valence-electron chi connectivity index (χ3n) is 5.32. The van der Waals surface area contributed by atoms with E-state index >= 15 is 0 Å². The van der Waals surface area contributed by atoms with Gasteiger partial charge in [-0.15, -0.1) is 0 Å². The zero-order valence-corrected chi connectivity index (χ0v) is 15.8. The Bertz CT molecular complexity index is 836. The molecule has 2 fully saturated rings. The van der Waals surface area contributed by atoms with E-state index in [0.717, 1.165) is 0 Å². The van der Waals surface area contributed by atoms with E-state index in [4.69, 9.17) is 0 Å². The maximum atomic E-state index is 13.0. The highest BCUT2D eigenvalue weighted by Crippen LogP contribution is 2.29. The lowest BCUT2D eigenvalue weighted by Gasteiger charge is -2.37. The fourth-order valence-corrected chi connectivity index (χ4v) is 5.28. The summed E-state index contributed by atoms with van der Waals surface area (Å²) in [4.78, 5) is 25.9. The Kier molecular flexibility index (Phi) is 4.96. The van der Waals surface area contributed by atoms with E-state index in [1.165, 1.54) is 4.31 Å². The van der Waals surface area contributed by atoms with Gasteiger partial charge in [-0.2, -0.15) is 0 Å². The number of carbonyl (C=O) groups is 2. The van der Waals surface area contributed by atoms with Gasteiger partial charge in [0.1, 0.15) is 0 Å². The summed E-state index contributed by atoms with van der Waals surface area (Å²) >= 11 is 0. The highest BCUT2D eigenvalue weighted by Gasteiger charge is 2.34. The number of anilines is 1. The van der Waals surface area contributed by atoms with E-state index in [1.54, 1.807) is 30.0 Å². The number of rotatable bonds is 3. The van der Waals surface area contributed by atoms with Gasteiger partial charge in [-0.05, 0) is 56.9 Å². The standard InChI is InChI=1S/C18H24N2O5S/c1-12-10-15(20-8-3-9-26(20,24)25)6-7-16(12)17(21)19-11-14(18(22)23)5-4-13(19)2/h6-7,10,13-14H,3-5,8-9,11H2,1-2H3,(H,22,23). The van der Waals surface area contributed by atoms with Crippen molar-refractivity contribution in [3.8, 4) is 0 Å². The number of piperidine rings is 1. The second-order valence-electron chi connectivity index (χ2n) is 7.16. The van der Waals surface area contributed by atoms with Gasteiger partial charge >= 0.3 is 5.97 Å². The van der Waals surface area contributed by atoms with Crippen LogP contribution in [0.2, 0.25) is 0 Å². The first kappa shape index (κ1) is 18.7. The van der Waals surface area contributed by atoms with Crippen LogP contribution in [-0.4, -0.2) is 55.2 Å². The van der Waals surface area contributed by atoms with Gasteiger partial charge in [-0.1, -0.05) is 0 Å². The van der Waals surface area contributed by atoms with Crippen LogP contribution in [0.25, 0.3) is 0 Å². The summed E-state index contributed by atoms with van der Waals surface area (Å²) in [6.07, 6.45) is 1.83. The zero-order chi connectivity index (χ0) is 19.1. The number of hydrogen-bond acceptors (Lipinski definition) is 4. The molecule has 2 saturated heterocycles. The number of aryl methyl sites for hydroxylation is 1. The SMILES string of the molecule is Cc1cc(N2CCCS2(=O)=O)ccc1C(=O)N1CC(C(=O)O)CCC1C. The van der Waals surface area contributed by atoms with Crippen molar-refractivity contribution in [2.24, 2.45) is 5.92 Å². The van der Waals surface area contributed by atoms with Crippen LogP contribution in [0, 0.1) is 12.8 Å². The van der Waals surface area contributed by atoms with Gasteiger partial charge in [0, 0.05) is 24.7 Å². The first-order valence-electron chi connectivity index (χ1n) is 8.85. The highest BCUT2D eigenvalue weighted by atomic mass is 32.2. The quantitative estimate of drug-likeness (QED) is 0.864. The Hall–Kier alpha value is -2.09. The Balaban J connectivity index is 1.85. The maximum absolute atomic E-state index is 13.0. The molecular formula is C18H24N2O5S. The van der Waals surface area contributed by atoms with Crippen molar-refractivity contribution in [1.29, 1.82) is 0 Å². The molecule has 2 unspecified atom stereocenters. The molecule has 0 radical (unpaired) electrons. The van der Waals surface area contributed by atoms with Crippen LogP contribution in [0.15, 0.2) is 18.2 Å². The Morgan fingerprint density at radius 3 is 2.54 bits per heavy atom. The van der Waals surface area contributed by atoms with Crippen molar-refractivity contribution in [1.82, 2.24) is 4.90 Å². The molecule has 7 nitrogen and oxygen atoms in total. The molecule has 2 aliphatic rings. The van der Waals surface area contributed by atoms with Crippen molar-refractivity contribution in [3.05, 3.63) is 29.3 Å². The Morgan fingerprint density at radius 2 is 1.96 bits per heavy atom. The molecule has 3 rings (SSSR count). The number of benzene rings is 1. The van der Waals surface area contributed by atoms with Crippen molar-refractivity contribution in [2.45, 2.75) is 39.2 Å². The summed E-state index contributed by atoms with van der Waals surface area (Å²) in [6, 6.07) is 5.01. The highest BCUT2D eigenvalue weighted by molar-refractivity contribution is 7.93. The minimum Gasteiger partial charge on any atom is -0.481 e. The number of carboxylic acid groups (broad SMARTS) is 1. The summed E-state index contributed by atoms with van der Waals surface area (Å²) < 4.78 is 25.5. The van der Waals surface area contributed by atoms with Crippen LogP contribution in [0.3, 0.4) is 0 Å². The van der Waals surface area contributed by atoms with Gasteiger partial charge < -0.3 is 10.0 Å². The van der Waals surface area contributed by atoms with Crippen LogP contribution in [0.1, 0.15) is 42.1 Å². The van der Waals surface area contributed by atoms with Gasteiger partial charge in [0.2, 0.25) is 10.0 Å². The van der Waals surface area contributed by atoms with Crippen LogP contribution in [0.5, 0.6) is 0 Å². The molecule has 142 valence electrons. The molecule has 1 amide bonds.